The van der Waals surface area contributed by atoms with Gasteiger partial charge in [0.2, 0.25) is 0 Å². The van der Waals surface area contributed by atoms with Crippen LogP contribution in [0.25, 0.3) is 21.8 Å². The lowest BCUT2D eigenvalue weighted by atomic mass is 10.0. The molecule has 114 valence electrons. The number of imide groups is 1. The van der Waals surface area contributed by atoms with Gasteiger partial charge in [-0.3, -0.25) is 24.5 Å². The van der Waals surface area contributed by atoms with Crippen molar-refractivity contribution in [3.05, 3.63) is 47.8 Å². The number of benzene rings is 2. The third-order valence-corrected chi connectivity index (χ3v) is 4.25. The van der Waals surface area contributed by atoms with E-state index in [1.807, 2.05) is 19.1 Å². The number of unbranched alkanes of at least 4 members (excludes halogenated alkanes) is 1. The quantitative estimate of drug-likeness (QED) is 0.551. The van der Waals surface area contributed by atoms with Crippen molar-refractivity contribution in [3.63, 3.8) is 0 Å². The van der Waals surface area contributed by atoms with Crippen LogP contribution in [0.2, 0.25) is 0 Å². The van der Waals surface area contributed by atoms with Gasteiger partial charge in [-0.1, -0.05) is 13.3 Å². The summed E-state index contributed by atoms with van der Waals surface area (Å²) in [6.45, 7) is 2.52. The molecule has 5 nitrogen and oxygen atoms in total. The first kappa shape index (κ1) is 13.8. The van der Waals surface area contributed by atoms with Crippen LogP contribution >= 0.6 is 0 Å². The van der Waals surface area contributed by atoms with Crippen molar-refractivity contribution in [1.82, 2.24) is 14.9 Å². The first-order valence-electron chi connectivity index (χ1n) is 7.74. The van der Waals surface area contributed by atoms with Gasteiger partial charge in [0.1, 0.15) is 0 Å². The molecule has 5 heteroatoms. The van der Waals surface area contributed by atoms with Gasteiger partial charge in [0.15, 0.2) is 0 Å². The van der Waals surface area contributed by atoms with E-state index in [4.69, 9.17) is 0 Å². The van der Waals surface area contributed by atoms with E-state index < -0.39 is 0 Å². The summed E-state index contributed by atoms with van der Waals surface area (Å²) in [6, 6.07) is 7.41. The topological polar surface area (TPSA) is 63.2 Å². The summed E-state index contributed by atoms with van der Waals surface area (Å²) < 4.78 is 0. The summed E-state index contributed by atoms with van der Waals surface area (Å²) in [5.41, 5.74) is 2.53. The van der Waals surface area contributed by atoms with E-state index in [1.54, 1.807) is 24.5 Å². The Morgan fingerprint density at radius 3 is 1.87 bits per heavy atom. The molecule has 3 aromatic rings. The molecule has 4 rings (SSSR count). The molecule has 1 aliphatic rings. The molecule has 0 atom stereocenters. The Bertz CT molecular complexity index is 891. The molecular formula is C18H15N3O2. The van der Waals surface area contributed by atoms with Gasteiger partial charge < -0.3 is 0 Å². The van der Waals surface area contributed by atoms with Crippen LogP contribution in [-0.4, -0.2) is 33.2 Å². The minimum Gasteiger partial charge on any atom is -0.274 e. The fourth-order valence-electron chi connectivity index (χ4n) is 3.02. The second-order valence-corrected chi connectivity index (χ2v) is 5.76. The monoisotopic (exact) mass is 305 g/mol. The lowest BCUT2D eigenvalue weighted by Crippen LogP contribution is -2.30. The molecule has 0 spiro atoms. The van der Waals surface area contributed by atoms with E-state index in [-0.39, 0.29) is 11.8 Å². The average Bonchev–Trinajstić information content (AvgIpc) is 2.80. The van der Waals surface area contributed by atoms with Crippen LogP contribution in [0.5, 0.6) is 0 Å². The van der Waals surface area contributed by atoms with Crippen LogP contribution in [0.1, 0.15) is 40.5 Å². The Kier molecular flexibility index (Phi) is 3.08. The van der Waals surface area contributed by atoms with Crippen LogP contribution in [0.4, 0.5) is 0 Å². The number of rotatable bonds is 3. The zero-order valence-corrected chi connectivity index (χ0v) is 12.7. The summed E-state index contributed by atoms with van der Waals surface area (Å²) in [7, 11) is 0. The van der Waals surface area contributed by atoms with Crippen molar-refractivity contribution >= 4 is 33.6 Å². The Hall–Kier alpha value is -2.82. The van der Waals surface area contributed by atoms with E-state index in [0.29, 0.717) is 17.7 Å². The van der Waals surface area contributed by atoms with Crippen LogP contribution in [0.15, 0.2) is 36.7 Å². The largest absolute Gasteiger partial charge is 0.274 e. The van der Waals surface area contributed by atoms with Gasteiger partial charge in [-0.2, -0.15) is 0 Å². The molecule has 2 heterocycles. The molecule has 23 heavy (non-hydrogen) atoms. The summed E-state index contributed by atoms with van der Waals surface area (Å²) in [5, 5.41) is 1.80. The molecule has 1 aliphatic heterocycles. The average molecular weight is 305 g/mol. The van der Waals surface area contributed by atoms with Gasteiger partial charge in [0.05, 0.1) is 22.2 Å². The van der Waals surface area contributed by atoms with Crippen molar-refractivity contribution in [3.8, 4) is 0 Å². The Morgan fingerprint density at radius 1 is 0.870 bits per heavy atom. The van der Waals surface area contributed by atoms with Gasteiger partial charge in [0, 0.05) is 18.9 Å². The molecule has 2 amide bonds. The van der Waals surface area contributed by atoms with Crippen molar-refractivity contribution in [2.75, 3.05) is 6.54 Å². The van der Waals surface area contributed by atoms with Crippen LogP contribution in [0.3, 0.4) is 0 Å². The minimum atomic E-state index is -0.195. The van der Waals surface area contributed by atoms with Crippen molar-refractivity contribution in [2.24, 2.45) is 0 Å². The number of aromatic nitrogens is 2. The second kappa shape index (κ2) is 5.12. The van der Waals surface area contributed by atoms with Crippen LogP contribution in [0, 0.1) is 0 Å². The normalized spacial score (nSPS) is 14.0. The number of hydrogen-bond acceptors (Lipinski definition) is 4. The highest BCUT2D eigenvalue weighted by atomic mass is 16.2. The fraction of sp³-hybridized carbons (Fsp3) is 0.222. The number of amides is 2. The second-order valence-electron chi connectivity index (χ2n) is 5.76. The summed E-state index contributed by atoms with van der Waals surface area (Å²) in [6.07, 6.45) is 5.05. The first-order chi connectivity index (χ1) is 11.2. The third kappa shape index (κ3) is 2.08. The Labute approximate surface area is 133 Å². The van der Waals surface area contributed by atoms with Crippen LogP contribution < -0.4 is 0 Å². The third-order valence-electron chi connectivity index (χ3n) is 4.25. The molecule has 0 saturated heterocycles. The van der Waals surface area contributed by atoms with Crippen LogP contribution in [-0.2, 0) is 0 Å². The lowest BCUT2D eigenvalue weighted by molar-refractivity contribution is 0.0652. The number of carbonyl (C=O) groups is 2. The molecule has 0 aliphatic carbocycles. The summed E-state index contributed by atoms with van der Waals surface area (Å²) in [4.78, 5) is 34.9. The highest BCUT2D eigenvalue weighted by molar-refractivity contribution is 6.23. The molecule has 0 N–H and O–H groups in total. The zero-order valence-electron chi connectivity index (χ0n) is 12.7. The zero-order chi connectivity index (χ0) is 16.0. The van der Waals surface area contributed by atoms with E-state index in [9.17, 15) is 9.59 Å². The maximum absolute atomic E-state index is 12.5. The number of hydrogen-bond donors (Lipinski definition) is 0. The van der Waals surface area contributed by atoms with E-state index in [2.05, 4.69) is 9.97 Å². The van der Waals surface area contributed by atoms with E-state index in [1.165, 1.54) is 4.90 Å². The Morgan fingerprint density at radius 2 is 1.39 bits per heavy atom. The minimum absolute atomic E-state index is 0.195. The maximum atomic E-state index is 12.5. The molecule has 0 fully saturated rings. The number of fused-ring (bicyclic) bond motifs is 3. The Balaban J connectivity index is 1.88. The van der Waals surface area contributed by atoms with Gasteiger partial charge in [-0.15, -0.1) is 0 Å². The lowest BCUT2D eigenvalue weighted by Gasteiger charge is -2.12. The van der Waals surface area contributed by atoms with Crippen molar-refractivity contribution in [2.45, 2.75) is 19.8 Å². The number of nitrogens with zero attached hydrogens (tertiary/aromatic N) is 3. The van der Waals surface area contributed by atoms with Gasteiger partial charge in [-0.25, -0.2) is 0 Å². The highest BCUT2D eigenvalue weighted by Gasteiger charge is 2.35. The summed E-state index contributed by atoms with van der Waals surface area (Å²) in [5.74, 6) is -0.390. The molecule has 0 unspecified atom stereocenters. The standard InChI is InChI=1S/C18H15N3O2/c1-2-3-6-21-17(22)13-7-11-9-15-16(20-5-4-19-15)10-12(11)8-14(13)18(21)23/h4-5,7-10H,2-3,6H2,1H3. The van der Waals surface area contributed by atoms with Gasteiger partial charge in [-0.05, 0) is 41.5 Å². The highest BCUT2D eigenvalue weighted by Crippen LogP contribution is 2.29. The van der Waals surface area contributed by atoms with Gasteiger partial charge in [0.25, 0.3) is 11.8 Å². The maximum Gasteiger partial charge on any atom is 0.261 e. The molecule has 0 saturated carbocycles. The van der Waals surface area contributed by atoms with Gasteiger partial charge >= 0.3 is 0 Å². The predicted octanol–water partition coefficient (Wildman–Crippen LogP) is 3.18. The SMILES string of the molecule is CCCCN1C(=O)c2cc3cc4nccnc4cc3cc2C1=O. The molecular weight excluding hydrogens is 290 g/mol. The first-order valence-corrected chi connectivity index (χ1v) is 7.74. The van der Waals surface area contributed by atoms with Crippen molar-refractivity contribution < 1.29 is 9.59 Å². The number of carbonyl (C=O) groups excluding carboxylic acids is 2. The van der Waals surface area contributed by atoms with Crippen molar-refractivity contribution in [1.29, 1.82) is 0 Å². The predicted molar refractivity (Wildman–Crippen MR) is 87.3 cm³/mol. The smallest absolute Gasteiger partial charge is 0.261 e. The molecule has 2 aromatic carbocycles. The summed E-state index contributed by atoms with van der Waals surface area (Å²) >= 11 is 0. The molecule has 0 radical (unpaired) electrons. The fourth-order valence-corrected chi connectivity index (χ4v) is 3.02. The van der Waals surface area contributed by atoms with E-state index in [0.717, 1.165) is 34.6 Å². The molecule has 0 bridgehead atoms. The molecule has 1 aromatic heterocycles. The van der Waals surface area contributed by atoms with E-state index >= 15 is 0 Å².